The van der Waals surface area contributed by atoms with Crippen LogP contribution in [0.15, 0.2) is 42.5 Å². The molecule has 0 N–H and O–H groups in total. The summed E-state index contributed by atoms with van der Waals surface area (Å²) in [6, 6.07) is 9.89. The van der Waals surface area contributed by atoms with E-state index in [4.69, 9.17) is 0 Å². The average molecular weight is 294 g/mol. The minimum absolute atomic E-state index is 0.398. The van der Waals surface area contributed by atoms with Gasteiger partial charge in [-0.2, -0.15) is 13.2 Å². The van der Waals surface area contributed by atoms with Crippen LogP contribution in [-0.4, -0.2) is 13.1 Å². The van der Waals surface area contributed by atoms with E-state index in [2.05, 4.69) is 4.74 Å². The topological polar surface area (TPSA) is 26.3 Å². The first kappa shape index (κ1) is 15.1. The molecule has 0 amide bonds. The zero-order chi connectivity index (χ0) is 15.6. The van der Waals surface area contributed by atoms with Crippen LogP contribution >= 0.6 is 0 Å². The highest BCUT2D eigenvalue weighted by atomic mass is 19.4. The van der Waals surface area contributed by atoms with Crippen molar-refractivity contribution in [1.82, 2.24) is 0 Å². The van der Waals surface area contributed by atoms with Crippen molar-refractivity contribution in [2.75, 3.05) is 7.11 Å². The highest BCUT2D eigenvalue weighted by Gasteiger charge is 2.30. The number of rotatable bonds is 2. The molecule has 110 valence electrons. The SMILES string of the molecule is COC(=O)c1cccc(-c2ccc(C(F)(F)F)cc2)c1C. The van der Waals surface area contributed by atoms with E-state index in [9.17, 15) is 18.0 Å². The Balaban J connectivity index is 2.45. The lowest BCUT2D eigenvalue weighted by Crippen LogP contribution is -2.05. The summed E-state index contributed by atoms with van der Waals surface area (Å²) in [5, 5.41) is 0. The van der Waals surface area contributed by atoms with Crippen molar-refractivity contribution >= 4 is 5.97 Å². The average Bonchev–Trinajstić information content (AvgIpc) is 2.46. The summed E-state index contributed by atoms with van der Waals surface area (Å²) in [5.41, 5.74) is 1.69. The first-order valence-electron chi connectivity index (χ1n) is 6.20. The van der Waals surface area contributed by atoms with Crippen LogP contribution in [0.3, 0.4) is 0 Å². The van der Waals surface area contributed by atoms with Gasteiger partial charge in [0.25, 0.3) is 0 Å². The van der Waals surface area contributed by atoms with Gasteiger partial charge in [-0.05, 0) is 41.8 Å². The molecule has 0 bridgehead atoms. The molecule has 2 aromatic carbocycles. The molecule has 0 saturated carbocycles. The molecule has 0 unspecified atom stereocenters. The molecule has 0 fully saturated rings. The van der Waals surface area contributed by atoms with Crippen molar-refractivity contribution in [1.29, 1.82) is 0 Å². The molecule has 0 aliphatic carbocycles. The first-order valence-corrected chi connectivity index (χ1v) is 6.20. The van der Waals surface area contributed by atoms with Gasteiger partial charge in [-0.3, -0.25) is 0 Å². The van der Waals surface area contributed by atoms with Crippen LogP contribution in [0.4, 0.5) is 13.2 Å². The van der Waals surface area contributed by atoms with Gasteiger partial charge in [0.15, 0.2) is 0 Å². The molecular weight excluding hydrogens is 281 g/mol. The number of esters is 1. The third-order valence-electron chi connectivity index (χ3n) is 3.26. The standard InChI is InChI=1S/C16H13F3O2/c1-10-13(4-3-5-14(10)15(20)21-2)11-6-8-12(9-7-11)16(17,18)19/h3-9H,1-2H3. The third-order valence-corrected chi connectivity index (χ3v) is 3.26. The predicted octanol–water partition coefficient (Wildman–Crippen LogP) is 4.47. The molecule has 0 aliphatic rings. The molecule has 0 spiro atoms. The smallest absolute Gasteiger partial charge is 0.416 e. The Kier molecular flexibility index (Phi) is 4.02. The Morgan fingerprint density at radius 3 is 2.19 bits per heavy atom. The summed E-state index contributed by atoms with van der Waals surface area (Å²) in [6.07, 6.45) is -4.36. The quantitative estimate of drug-likeness (QED) is 0.764. The minimum atomic E-state index is -4.36. The van der Waals surface area contributed by atoms with E-state index in [1.54, 1.807) is 25.1 Å². The highest BCUT2D eigenvalue weighted by Crippen LogP contribution is 2.32. The van der Waals surface area contributed by atoms with Crippen molar-refractivity contribution in [3.8, 4) is 11.1 Å². The summed E-state index contributed by atoms with van der Waals surface area (Å²) in [5.74, 6) is -0.471. The fourth-order valence-electron chi connectivity index (χ4n) is 2.12. The number of hydrogen-bond acceptors (Lipinski definition) is 2. The first-order chi connectivity index (χ1) is 9.84. The Morgan fingerprint density at radius 1 is 1.05 bits per heavy atom. The van der Waals surface area contributed by atoms with Gasteiger partial charge < -0.3 is 4.74 Å². The molecule has 0 aromatic heterocycles. The third kappa shape index (κ3) is 3.07. The molecule has 21 heavy (non-hydrogen) atoms. The number of alkyl halides is 3. The predicted molar refractivity (Wildman–Crippen MR) is 73.0 cm³/mol. The van der Waals surface area contributed by atoms with Gasteiger partial charge in [-0.15, -0.1) is 0 Å². The number of hydrogen-bond donors (Lipinski definition) is 0. The molecule has 0 saturated heterocycles. The van der Waals surface area contributed by atoms with Gasteiger partial charge in [0, 0.05) is 0 Å². The van der Waals surface area contributed by atoms with Crippen LogP contribution in [0.5, 0.6) is 0 Å². The monoisotopic (exact) mass is 294 g/mol. The lowest BCUT2D eigenvalue weighted by Gasteiger charge is -2.11. The van der Waals surface area contributed by atoms with Crippen LogP contribution in [0.1, 0.15) is 21.5 Å². The van der Waals surface area contributed by atoms with Crippen LogP contribution in [0.25, 0.3) is 11.1 Å². The van der Waals surface area contributed by atoms with E-state index in [-0.39, 0.29) is 0 Å². The normalized spacial score (nSPS) is 11.3. The lowest BCUT2D eigenvalue weighted by molar-refractivity contribution is -0.137. The molecule has 0 atom stereocenters. The number of ether oxygens (including phenoxy) is 1. The summed E-state index contributed by atoms with van der Waals surface area (Å²) in [4.78, 5) is 11.6. The number of halogens is 3. The zero-order valence-electron chi connectivity index (χ0n) is 11.5. The number of carbonyl (C=O) groups is 1. The number of carbonyl (C=O) groups excluding carboxylic acids is 1. The maximum absolute atomic E-state index is 12.6. The minimum Gasteiger partial charge on any atom is -0.465 e. The van der Waals surface area contributed by atoms with Crippen LogP contribution < -0.4 is 0 Å². The van der Waals surface area contributed by atoms with E-state index in [1.807, 2.05) is 0 Å². The molecule has 2 rings (SSSR count). The molecule has 0 heterocycles. The second kappa shape index (κ2) is 5.60. The van der Waals surface area contributed by atoms with Crippen molar-refractivity contribution in [2.45, 2.75) is 13.1 Å². The van der Waals surface area contributed by atoms with Gasteiger partial charge in [-0.1, -0.05) is 24.3 Å². The maximum Gasteiger partial charge on any atom is 0.416 e. The van der Waals surface area contributed by atoms with E-state index in [0.717, 1.165) is 12.1 Å². The fourth-order valence-corrected chi connectivity index (χ4v) is 2.12. The zero-order valence-corrected chi connectivity index (χ0v) is 11.5. The van der Waals surface area contributed by atoms with Gasteiger partial charge in [0.1, 0.15) is 0 Å². The highest BCUT2D eigenvalue weighted by molar-refractivity contribution is 5.93. The molecule has 0 aliphatic heterocycles. The Bertz CT molecular complexity index is 658. The summed E-state index contributed by atoms with van der Waals surface area (Å²) >= 11 is 0. The summed E-state index contributed by atoms with van der Waals surface area (Å²) in [7, 11) is 1.28. The van der Waals surface area contributed by atoms with Gasteiger partial charge in [0.05, 0.1) is 18.2 Å². The van der Waals surface area contributed by atoms with E-state index < -0.39 is 17.7 Å². The number of methoxy groups -OCH3 is 1. The number of benzene rings is 2. The molecular formula is C16H13F3O2. The lowest BCUT2D eigenvalue weighted by atomic mass is 9.96. The Labute approximate surface area is 120 Å². The fraction of sp³-hybridized carbons (Fsp3) is 0.188. The Morgan fingerprint density at radius 2 is 1.67 bits per heavy atom. The molecule has 5 heteroatoms. The molecule has 2 aromatic rings. The van der Waals surface area contributed by atoms with E-state index >= 15 is 0 Å². The second-order valence-electron chi connectivity index (χ2n) is 4.54. The van der Waals surface area contributed by atoms with Gasteiger partial charge in [-0.25, -0.2) is 4.79 Å². The van der Waals surface area contributed by atoms with Gasteiger partial charge in [0.2, 0.25) is 0 Å². The Hall–Kier alpha value is -2.30. The van der Waals surface area contributed by atoms with Crippen LogP contribution in [0, 0.1) is 6.92 Å². The summed E-state index contributed by atoms with van der Waals surface area (Å²) in [6.45, 7) is 1.74. The van der Waals surface area contributed by atoms with E-state index in [0.29, 0.717) is 22.3 Å². The van der Waals surface area contributed by atoms with Crippen LogP contribution in [0.2, 0.25) is 0 Å². The van der Waals surface area contributed by atoms with Crippen molar-refractivity contribution < 1.29 is 22.7 Å². The summed E-state index contributed by atoms with van der Waals surface area (Å²) < 4.78 is 42.4. The van der Waals surface area contributed by atoms with Gasteiger partial charge >= 0.3 is 12.1 Å². The largest absolute Gasteiger partial charge is 0.465 e. The van der Waals surface area contributed by atoms with E-state index in [1.165, 1.54) is 19.2 Å². The van der Waals surface area contributed by atoms with Crippen LogP contribution in [-0.2, 0) is 10.9 Å². The molecule has 2 nitrogen and oxygen atoms in total. The molecule has 0 radical (unpaired) electrons. The second-order valence-corrected chi connectivity index (χ2v) is 4.54. The maximum atomic E-state index is 12.6. The van der Waals surface area contributed by atoms with Crippen molar-refractivity contribution in [3.63, 3.8) is 0 Å². The van der Waals surface area contributed by atoms with Crippen molar-refractivity contribution in [3.05, 3.63) is 59.2 Å². The van der Waals surface area contributed by atoms with Crippen molar-refractivity contribution in [2.24, 2.45) is 0 Å².